The van der Waals surface area contributed by atoms with Crippen LogP contribution in [0.1, 0.15) is 45.4 Å². The highest BCUT2D eigenvalue weighted by Gasteiger charge is 2.00. The van der Waals surface area contributed by atoms with Gasteiger partial charge in [0.05, 0.1) is 179 Å². The molecule has 0 spiro atoms. The molecule has 0 saturated heterocycles. The Kier molecular flexibility index (Phi) is 45.0. The number of carbonyl (C=O) groups excluding carboxylic acids is 1. The fourth-order valence-electron chi connectivity index (χ4n) is 3.81. The number of methoxy groups -OCH3 is 1. The summed E-state index contributed by atoms with van der Waals surface area (Å²) in [5.41, 5.74) is 0. The molecule has 15 heteroatoms. The first-order valence-electron chi connectivity index (χ1n) is 18.4. The van der Waals surface area contributed by atoms with Crippen molar-refractivity contribution in [3.63, 3.8) is 0 Å². The molecule has 0 aliphatic carbocycles. The predicted octanol–water partition coefficient (Wildman–Crippen LogP) is 2.74. The number of esters is 1. The first-order valence-corrected chi connectivity index (χ1v) is 18.4. The van der Waals surface area contributed by atoms with Gasteiger partial charge in [-0.25, -0.2) is 0 Å². The van der Waals surface area contributed by atoms with Crippen molar-refractivity contribution in [3.8, 4) is 0 Å². The Morgan fingerprint density at radius 3 is 0.760 bits per heavy atom. The van der Waals surface area contributed by atoms with E-state index in [0.717, 1.165) is 13.0 Å². The van der Waals surface area contributed by atoms with E-state index in [1.165, 1.54) is 32.8 Å². The predicted molar refractivity (Wildman–Crippen MR) is 186 cm³/mol. The second kappa shape index (κ2) is 46.0. The van der Waals surface area contributed by atoms with Crippen LogP contribution in [0.25, 0.3) is 0 Å². The first kappa shape index (κ1) is 49.0. The number of rotatable bonds is 45. The van der Waals surface area contributed by atoms with Crippen LogP contribution in [0, 0.1) is 0 Å². The smallest absolute Gasteiger partial charge is 0.307 e. The molecule has 300 valence electrons. The van der Waals surface area contributed by atoms with Crippen molar-refractivity contribution in [1.29, 1.82) is 0 Å². The topological polar surface area (TPSA) is 146 Å². The zero-order chi connectivity index (χ0) is 36.1. The monoisotopic (exact) mass is 730 g/mol. The van der Waals surface area contributed by atoms with Gasteiger partial charge in [-0.3, -0.25) is 4.79 Å². The first-order chi connectivity index (χ1) is 24.8. The van der Waals surface area contributed by atoms with Crippen LogP contribution in [0.5, 0.6) is 0 Å². The van der Waals surface area contributed by atoms with Crippen LogP contribution >= 0.6 is 0 Å². The van der Waals surface area contributed by atoms with Gasteiger partial charge in [0.15, 0.2) is 0 Å². The molecule has 0 radical (unpaired) electrons. The largest absolute Gasteiger partial charge is 0.469 e. The number of ether oxygens (including phenoxy) is 14. The van der Waals surface area contributed by atoms with Gasteiger partial charge >= 0.3 is 5.97 Å². The van der Waals surface area contributed by atoms with E-state index in [4.69, 9.17) is 61.6 Å². The average Bonchev–Trinajstić information content (AvgIpc) is 3.13. The average molecular weight is 731 g/mol. The van der Waals surface area contributed by atoms with E-state index < -0.39 is 0 Å². The van der Waals surface area contributed by atoms with E-state index in [2.05, 4.69) is 11.7 Å². The van der Waals surface area contributed by atoms with Gasteiger partial charge < -0.3 is 66.3 Å². The standard InChI is InChI=1S/C35H70O15/c1-3-4-5-6-7-9-38-11-13-40-15-17-42-19-21-44-23-25-46-27-29-48-31-33-50-34-32-49-30-28-47-26-24-45-22-20-43-18-16-41-14-12-39-10-8-35(36)37-2/h3-34H2,1-2H3. The van der Waals surface area contributed by atoms with Gasteiger partial charge in [-0.2, -0.15) is 0 Å². The molecule has 0 amide bonds. The van der Waals surface area contributed by atoms with E-state index in [1.54, 1.807) is 0 Å². The SMILES string of the molecule is CCCCCCCOCCOCCOCCOCCOCCOCCOCCOCCOCCOCCOCCOCCOCCC(=O)OC. The Balaban J connectivity index is 3.05. The van der Waals surface area contributed by atoms with Crippen molar-refractivity contribution in [2.45, 2.75) is 45.4 Å². The Morgan fingerprint density at radius 1 is 0.300 bits per heavy atom. The molecule has 0 heterocycles. The van der Waals surface area contributed by atoms with Crippen molar-refractivity contribution in [2.75, 3.05) is 179 Å². The van der Waals surface area contributed by atoms with Gasteiger partial charge in [0.1, 0.15) is 0 Å². The second-order valence-electron chi connectivity index (χ2n) is 10.7. The van der Waals surface area contributed by atoms with E-state index >= 15 is 0 Å². The van der Waals surface area contributed by atoms with E-state index in [1.807, 2.05) is 0 Å². The third kappa shape index (κ3) is 45.0. The Morgan fingerprint density at radius 2 is 0.520 bits per heavy atom. The highest BCUT2D eigenvalue weighted by molar-refractivity contribution is 5.69. The zero-order valence-electron chi connectivity index (χ0n) is 31.3. The molecule has 0 aromatic rings. The van der Waals surface area contributed by atoms with E-state index in [-0.39, 0.29) is 12.4 Å². The minimum absolute atomic E-state index is 0.244. The molecule has 0 aliphatic heterocycles. The lowest BCUT2D eigenvalue weighted by atomic mass is 10.2. The normalized spacial score (nSPS) is 11.5. The lowest BCUT2D eigenvalue weighted by molar-refractivity contribution is -0.141. The quantitative estimate of drug-likeness (QED) is 0.0668. The summed E-state index contributed by atoms with van der Waals surface area (Å²) in [4.78, 5) is 10.9. The fourth-order valence-corrected chi connectivity index (χ4v) is 3.81. The molecule has 0 unspecified atom stereocenters. The van der Waals surface area contributed by atoms with Crippen LogP contribution in [0.2, 0.25) is 0 Å². The molecule has 50 heavy (non-hydrogen) atoms. The molecule has 0 aliphatic rings. The zero-order valence-corrected chi connectivity index (χ0v) is 31.3. The summed E-state index contributed by atoms with van der Waals surface area (Å²) >= 11 is 0. The molecule has 0 aromatic heterocycles. The molecule has 0 aromatic carbocycles. The Labute approximate surface area is 301 Å². The molecule has 0 atom stereocenters. The summed E-state index contributed by atoms with van der Waals surface area (Å²) in [6, 6.07) is 0. The summed E-state index contributed by atoms with van der Waals surface area (Å²) in [7, 11) is 1.35. The molecule has 0 N–H and O–H groups in total. The van der Waals surface area contributed by atoms with Gasteiger partial charge in [-0.1, -0.05) is 32.6 Å². The van der Waals surface area contributed by atoms with Gasteiger partial charge in [0, 0.05) is 6.61 Å². The van der Waals surface area contributed by atoms with Crippen LogP contribution in [-0.4, -0.2) is 185 Å². The molecular weight excluding hydrogens is 660 g/mol. The molecule has 0 rings (SSSR count). The summed E-state index contributed by atoms with van der Waals surface area (Å²) in [5.74, 6) is -0.286. The third-order valence-corrected chi connectivity index (χ3v) is 6.53. The minimum Gasteiger partial charge on any atom is -0.469 e. The lowest BCUT2D eigenvalue weighted by Crippen LogP contribution is -2.15. The number of carbonyl (C=O) groups is 1. The van der Waals surface area contributed by atoms with Crippen molar-refractivity contribution < 1.29 is 71.1 Å². The Bertz CT molecular complexity index is 633. The van der Waals surface area contributed by atoms with Gasteiger partial charge in [0.25, 0.3) is 0 Å². The molecule has 0 bridgehead atoms. The summed E-state index contributed by atoms with van der Waals surface area (Å²) < 4.78 is 75.5. The van der Waals surface area contributed by atoms with Crippen molar-refractivity contribution >= 4 is 5.97 Å². The number of hydrogen-bond donors (Lipinski definition) is 0. The van der Waals surface area contributed by atoms with Crippen molar-refractivity contribution in [1.82, 2.24) is 0 Å². The molecule has 0 fully saturated rings. The summed E-state index contributed by atoms with van der Waals surface area (Å²) in [6.45, 7) is 15.7. The maximum atomic E-state index is 10.9. The van der Waals surface area contributed by atoms with Crippen LogP contribution in [0.4, 0.5) is 0 Å². The molecule has 15 nitrogen and oxygen atoms in total. The maximum Gasteiger partial charge on any atom is 0.307 e. The van der Waals surface area contributed by atoms with Gasteiger partial charge in [-0.15, -0.1) is 0 Å². The highest BCUT2D eigenvalue weighted by atomic mass is 16.6. The van der Waals surface area contributed by atoms with E-state index in [9.17, 15) is 4.79 Å². The van der Waals surface area contributed by atoms with E-state index in [0.29, 0.717) is 165 Å². The van der Waals surface area contributed by atoms with Crippen LogP contribution < -0.4 is 0 Å². The third-order valence-electron chi connectivity index (χ3n) is 6.53. The highest BCUT2D eigenvalue weighted by Crippen LogP contribution is 2.02. The fraction of sp³-hybridized carbons (Fsp3) is 0.971. The molecular formula is C35H70O15. The lowest BCUT2D eigenvalue weighted by Gasteiger charge is -2.09. The van der Waals surface area contributed by atoms with Gasteiger partial charge in [0.2, 0.25) is 0 Å². The van der Waals surface area contributed by atoms with Crippen molar-refractivity contribution in [2.24, 2.45) is 0 Å². The van der Waals surface area contributed by atoms with Crippen LogP contribution in [-0.2, 0) is 71.1 Å². The Hall–Kier alpha value is -1.05. The number of unbranched alkanes of at least 4 members (excludes halogenated alkanes) is 4. The second-order valence-corrected chi connectivity index (χ2v) is 10.7. The van der Waals surface area contributed by atoms with Crippen molar-refractivity contribution in [3.05, 3.63) is 0 Å². The summed E-state index contributed by atoms with van der Waals surface area (Å²) in [5, 5.41) is 0. The molecule has 0 saturated carbocycles. The van der Waals surface area contributed by atoms with Gasteiger partial charge in [-0.05, 0) is 6.42 Å². The minimum atomic E-state index is -0.286. The maximum absolute atomic E-state index is 10.9. The summed E-state index contributed by atoms with van der Waals surface area (Å²) in [6.07, 6.45) is 6.51. The van der Waals surface area contributed by atoms with Crippen LogP contribution in [0.3, 0.4) is 0 Å². The van der Waals surface area contributed by atoms with Crippen LogP contribution in [0.15, 0.2) is 0 Å². The number of hydrogen-bond acceptors (Lipinski definition) is 15.